The topological polar surface area (TPSA) is 21.3 Å². The van der Waals surface area contributed by atoms with Crippen molar-refractivity contribution in [1.29, 1.82) is 0 Å². The Morgan fingerprint density at radius 1 is 1.12 bits per heavy atom. The maximum absolute atomic E-state index is 6.00. The molecule has 0 spiro atoms. The van der Waals surface area contributed by atoms with Gasteiger partial charge in [-0.1, -0.05) is 26.2 Å². The molecule has 0 bridgehead atoms. The molecule has 0 aromatic rings. The lowest BCUT2D eigenvalue weighted by Crippen LogP contribution is -2.35. The van der Waals surface area contributed by atoms with E-state index in [4.69, 9.17) is 4.74 Å². The third kappa shape index (κ3) is 3.96. The van der Waals surface area contributed by atoms with Crippen molar-refractivity contribution >= 4 is 0 Å². The highest BCUT2D eigenvalue weighted by Crippen LogP contribution is 2.30. The molecule has 3 atom stereocenters. The summed E-state index contributed by atoms with van der Waals surface area (Å²) in [5, 5.41) is 3.64. The van der Waals surface area contributed by atoms with Gasteiger partial charge < -0.3 is 10.1 Å². The summed E-state index contributed by atoms with van der Waals surface area (Å²) in [7, 11) is 0. The van der Waals surface area contributed by atoms with Gasteiger partial charge in [0.2, 0.25) is 0 Å². The Morgan fingerprint density at radius 2 is 1.88 bits per heavy atom. The average Bonchev–Trinajstić information content (AvgIpc) is 2.61. The van der Waals surface area contributed by atoms with Crippen LogP contribution in [0.1, 0.15) is 59.3 Å². The molecule has 3 unspecified atom stereocenters. The molecule has 1 saturated heterocycles. The van der Waals surface area contributed by atoms with Gasteiger partial charge in [0.05, 0.1) is 11.7 Å². The Morgan fingerprint density at radius 3 is 2.53 bits per heavy atom. The van der Waals surface area contributed by atoms with Crippen LogP contribution in [-0.4, -0.2) is 24.8 Å². The minimum Gasteiger partial charge on any atom is -0.371 e. The van der Waals surface area contributed by atoms with Crippen LogP contribution in [0.2, 0.25) is 0 Å². The molecule has 1 aliphatic heterocycles. The Labute approximate surface area is 107 Å². The minimum absolute atomic E-state index is 0.116. The molecule has 100 valence electrons. The largest absolute Gasteiger partial charge is 0.371 e. The predicted molar refractivity (Wildman–Crippen MR) is 72.2 cm³/mol. The highest BCUT2D eigenvalue weighted by atomic mass is 16.5. The van der Waals surface area contributed by atoms with Crippen molar-refractivity contribution in [2.45, 2.75) is 71.0 Å². The fourth-order valence-corrected chi connectivity index (χ4v) is 3.35. The van der Waals surface area contributed by atoms with Crippen molar-refractivity contribution < 1.29 is 4.74 Å². The molecule has 0 aromatic carbocycles. The number of ether oxygens (including phenoxy) is 1. The smallest absolute Gasteiger partial charge is 0.0707 e. The fraction of sp³-hybridized carbons (Fsp3) is 1.00. The van der Waals surface area contributed by atoms with Crippen molar-refractivity contribution in [1.82, 2.24) is 5.32 Å². The average molecular weight is 239 g/mol. The minimum atomic E-state index is 0.116. The zero-order chi connectivity index (χ0) is 12.3. The summed E-state index contributed by atoms with van der Waals surface area (Å²) in [6.45, 7) is 9.07. The lowest BCUT2D eigenvalue weighted by atomic mass is 9.80. The fourth-order valence-electron chi connectivity index (χ4n) is 3.35. The monoisotopic (exact) mass is 239 g/mol. The molecule has 2 aliphatic rings. The van der Waals surface area contributed by atoms with E-state index in [2.05, 4.69) is 26.1 Å². The van der Waals surface area contributed by atoms with Crippen LogP contribution in [0.5, 0.6) is 0 Å². The van der Waals surface area contributed by atoms with Crippen LogP contribution in [0.15, 0.2) is 0 Å². The third-order valence-corrected chi connectivity index (χ3v) is 4.62. The molecule has 0 amide bonds. The van der Waals surface area contributed by atoms with Crippen LogP contribution in [0.3, 0.4) is 0 Å². The van der Waals surface area contributed by atoms with Gasteiger partial charge in [0.1, 0.15) is 0 Å². The Balaban J connectivity index is 1.63. The molecule has 2 nitrogen and oxygen atoms in total. The Bertz CT molecular complexity index is 239. The summed E-state index contributed by atoms with van der Waals surface area (Å²) in [4.78, 5) is 0. The number of hydrogen-bond acceptors (Lipinski definition) is 2. The van der Waals surface area contributed by atoms with Crippen molar-refractivity contribution in [2.75, 3.05) is 13.1 Å². The molecule has 2 fully saturated rings. The van der Waals surface area contributed by atoms with Crippen LogP contribution in [-0.2, 0) is 4.74 Å². The molecule has 2 rings (SSSR count). The summed E-state index contributed by atoms with van der Waals surface area (Å²) in [5.74, 6) is 1.82. The molecule has 0 aromatic heterocycles. The lowest BCUT2D eigenvalue weighted by Gasteiger charge is -2.29. The first-order valence-electron chi connectivity index (χ1n) is 7.45. The summed E-state index contributed by atoms with van der Waals surface area (Å²) in [6.07, 6.45) is 8.61. The quantitative estimate of drug-likeness (QED) is 0.812. The van der Waals surface area contributed by atoms with E-state index in [1.807, 2.05) is 0 Å². The van der Waals surface area contributed by atoms with Crippen LogP contribution in [0.25, 0.3) is 0 Å². The number of nitrogens with one attached hydrogen (secondary N) is 1. The van der Waals surface area contributed by atoms with Gasteiger partial charge in [-0.2, -0.15) is 0 Å². The first-order valence-corrected chi connectivity index (χ1v) is 7.45. The van der Waals surface area contributed by atoms with Crippen LogP contribution in [0.4, 0.5) is 0 Å². The third-order valence-electron chi connectivity index (χ3n) is 4.62. The number of rotatable bonds is 4. The lowest BCUT2D eigenvalue weighted by molar-refractivity contribution is -0.0147. The maximum atomic E-state index is 6.00. The predicted octanol–water partition coefficient (Wildman–Crippen LogP) is 3.36. The molecule has 0 radical (unpaired) electrons. The van der Waals surface area contributed by atoms with E-state index >= 15 is 0 Å². The molecular weight excluding hydrogens is 210 g/mol. The zero-order valence-corrected chi connectivity index (χ0v) is 11.8. The Hall–Kier alpha value is -0.0800. The van der Waals surface area contributed by atoms with Gasteiger partial charge in [-0.3, -0.25) is 0 Å². The summed E-state index contributed by atoms with van der Waals surface area (Å²) in [5.41, 5.74) is 0.116. The SMILES string of the molecule is CC1CCCCC1CNCC1CCC(C)(C)O1. The van der Waals surface area contributed by atoms with E-state index in [9.17, 15) is 0 Å². The summed E-state index contributed by atoms with van der Waals surface area (Å²) >= 11 is 0. The summed E-state index contributed by atoms with van der Waals surface area (Å²) in [6, 6.07) is 0. The first kappa shape index (κ1) is 13.4. The molecule has 1 aliphatic carbocycles. The molecule has 17 heavy (non-hydrogen) atoms. The summed E-state index contributed by atoms with van der Waals surface area (Å²) < 4.78 is 6.00. The van der Waals surface area contributed by atoms with Crippen molar-refractivity contribution in [2.24, 2.45) is 11.8 Å². The second-order valence-corrected chi connectivity index (χ2v) is 6.72. The Kier molecular flexibility index (Phi) is 4.48. The van der Waals surface area contributed by atoms with Crippen molar-refractivity contribution in [3.8, 4) is 0 Å². The highest BCUT2D eigenvalue weighted by Gasteiger charge is 2.31. The van der Waals surface area contributed by atoms with E-state index in [1.54, 1.807) is 0 Å². The van der Waals surface area contributed by atoms with Gasteiger partial charge in [0, 0.05) is 6.54 Å². The standard InChI is InChI=1S/C15H29NO/c1-12-6-4-5-7-13(12)10-16-11-14-8-9-15(2,3)17-14/h12-14,16H,4-11H2,1-3H3. The van der Waals surface area contributed by atoms with E-state index in [0.717, 1.165) is 18.4 Å². The zero-order valence-electron chi connectivity index (χ0n) is 11.8. The molecular formula is C15H29NO. The molecule has 1 saturated carbocycles. The van der Waals surface area contributed by atoms with Crippen molar-refractivity contribution in [3.05, 3.63) is 0 Å². The first-order chi connectivity index (χ1) is 8.07. The van der Waals surface area contributed by atoms with Gasteiger partial charge in [-0.25, -0.2) is 0 Å². The van der Waals surface area contributed by atoms with Gasteiger partial charge in [0.15, 0.2) is 0 Å². The number of hydrogen-bond donors (Lipinski definition) is 1. The van der Waals surface area contributed by atoms with Gasteiger partial charge in [-0.15, -0.1) is 0 Å². The van der Waals surface area contributed by atoms with Gasteiger partial charge >= 0.3 is 0 Å². The van der Waals surface area contributed by atoms with Crippen LogP contribution < -0.4 is 5.32 Å². The maximum Gasteiger partial charge on any atom is 0.0707 e. The second-order valence-electron chi connectivity index (χ2n) is 6.72. The molecule has 2 heteroatoms. The van der Waals surface area contributed by atoms with Gasteiger partial charge in [0.25, 0.3) is 0 Å². The van der Waals surface area contributed by atoms with Crippen LogP contribution in [0, 0.1) is 11.8 Å². The van der Waals surface area contributed by atoms with Crippen LogP contribution >= 0.6 is 0 Å². The van der Waals surface area contributed by atoms with E-state index in [0.29, 0.717) is 6.10 Å². The van der Waals surface area contributed by atoms with E-state index < -0.39 is 0 Å². The van der Waals surface area contributed by atoms with Crippen molar-refractivity contribution in [3.63, 3.8) is 0 Å². The molecule has 1 heterocycles. The normalized spacial score (nSPS) is 37.2. The van der Waals surface area contributed by atoms with Gasteiger partial charge in [-0.05, 0) is 51.5 Å². The second kappa shape index (κ2) is 5.71. The van der Waals surface area contributed by atoms with E-state index in [1.165, 1.54) is 45.1 Å². The van der Waals surface area contributed by atoms with E-state index in [-0.39, 0.29) is 5.60 Å². The molecule has 1 N–H and O–H groups in total. The highest BCUT2D eigenvalue weighted by molar-refractivity contribution is 4.82.